The van der Waals surface area contributed by atoms with Crippen LogP contribution in [0.15, 0.2) is 30.3 Å². The predicted octanol–water partition coefficient (Wildman–Crippen LogP) is 7.47. The fourth-order valence-electron chi connectivity index (χ4n) is 7.05. The second kappa shape index (κ2) is 10.8. The standard InChI is InChI=1S/C30H38F3NO3/c1-2-19-5-11-25(12-6-19)37-27-14-8-21-16-20(7-13-26(21)28(27)30(31,32)33)4-3-15-34-23-9-10-24(34)18-22(17-23)29(35)36/h7-8,13-14,16,19,22-25H,2-6,9-12,15,17-18H2,1H3,(H,35,36)/t19-,22?,23-,24?,25+/m0/s1. The summed E-state index contributed by atoms with van der Waals surface area (Å²) in [4.78, 5) is 13.9. The van der Waals surface area contributed by atoms with Crippen molar-refractivity contribution in [1.29, 1.82) is 0 Å². The number of alkyl halides is 3. The lowest BCUT2D eigenvalue weighted by atomic mass is 9.86. The van der Waals surface area contributed by atoms with Gasteiger partial charge >= 0.3 is 12.1 Å². The smallest absolute Gasteiger partial charge is 0.420 e. The number of carbonyl (C=O) groups is 1. The van der Waals surface area contributed by atoms with Crippen molar-refractivity contribution < 1.29 is 27.8 Å². The molecule has 3 fully saturated rings. The van der Waals surface area contributed by atoms with Crippen LogP contribution in [-0.2, 0) is 17.4 Å². The number of nitrogens with zero attached hydrogens (tertiary/aromatic N) is 1. The zero-order valence-corrected chi connectivity index (χ0v) is 21.6. The van der Waals surface area contributed by atoms with E-state index in [0.717, 1.165) is 82.7 Å². The highest BCUT2D eigenvalue weighted by Crippen LogP contribution is 2.43. The highest BCUT2D eigenvalue weighted by molar-refractivity contribution is 5.89. The summed E-state index contributed by atoms with van der Waals surface area (Å²) in [6, 6.07) is 9.27. The molecule has 7 heteroatoms. The second-order valence-electron chi connectivity index (χ2n) is 11.4. The van der Waals surface area contributed by atoms with Crippen molar-refractivity contribution in [2.45, 2.75) is 102 Å². The normalized spacial score (nSPS) is 28.5. The van der Waals surface area contributed by atoms with Crippen LogP contribution in [0, 0.1) is 11.8 Å². The molecule has 1 aliphatic carbocycles. The molecule has 2 saturated heterocycles. The molecule has 0 aromatic heterocycles. The van der Waals surface area contributed by atoms with Crippen LogP contribution in [0.1, 0.15) is 82.3 Å². The zero-order valence-electron chi connectivity index (χ0n) is 21.6. The number of ether oxygens (including phenoxy) is 1. The van der Waals surface area contributed by atoms with Crippen LogP contribution in [0.3, 0.4) is 0 Å². The van der Waals surface area contributed by atoms with Gasteiger partial charge in [0.25, 0.3) is 0 Å². The van der Waals surface area contributed by atoms with Crippen LogP contribution in [0.4, 0.5) is 13.2 Å². The molecular weight excluding hydrogens is 479 g/mol. The number of piperidine rings is 1. The topological polar surface area (TPSA) is 49.8 Å². The first-order valence-electron chi connectivity index (χ1n) is 14.0. The molecular formula is C30H38F3NO3. The molecule has 3 aliphatic rings. The fraction of sp³-hybridized carbons (Fsp3) is 0.633. The summed E-state index contributed by atoms with van der Waals surface area (Å²) < 4.78 is 48.5. The number of hydrogen-bond donors (Lipinski definition) is 1. The van der Waals surface area contributed by atoms with E-state index in [1.807, 2.05) is 12.1 Å². The summed E-state index contributed by atoms with van der Waals surface area (Å²) in [5.74, 6) is -0.294. The molecule has 0 amide bonds. The third-order valence-electron chi connectivity index (χ3n) is 9.11. The van der Waals surface area contributed by atoms with Crippen molar-refractivity contribution in [2.75, 3.05) is 6.54 Å². The van der Waals surface area contributed by atoms with Crippen LogP contribution in [0.5, 0.6) is 5.75 Å². The average molecular weight is 518 g/mol. The molecule has 2 bridgehead atoms. The van der Waals surface area contributed by atoms with E-state index in [9.17, 15) is 23.1 Å². The van der Waals surface area contributed by atoms with Gasteiger partial charge < -0.3 is 9.84 Å². The maximum atomic E-state index is 14.2. The monoisotopic (exact) mass is 517 g/mol. The van der Waals surface area contributed by atoms with Crippen molar-refractivity contribution in [1.82, 2.24) is 4.90 Å². The van der Waals surface area contributed by atoms with Gasteiger partial charge in [0.05, 0.1) is 12.0 Å². The summed E-state index contributed by atoms with van der Waals surface area (Å²) in [6.45, 7) is 3.07. The van der Waals surface area contributed by atoms with Gasteiger partial charge in [0.2, 0.25) is 0 Å². The van der Waals surface area contributed by atoms with Crippen molar-refractivity contribution in [2.24, 2.45) is 11.8 Å². The van der Waals surface area contributed by atoms with Gasteiger partial charge in [0, 0.05) is 12.1 Å². The van der Waals surface area contributed by atoms with Crippen molar-refractivity contribution in [3.63, 3.8) is 0 Å². The summed E-state index contributed by atoms with van der Waals surface area (Å²) >= 11 is 0. The number of aliphatic carboxylic acids is 1. The Bertz CT molecular complexity index is 1100. The first-order chi connectivity index (χ1) is 17.7. The van der Waals surface area contributed by atoms with Crippen molar-refractivity contribution in [3.05, 3.63) is 41.5 Å². The molecule has 2 aromatic rings. The van der Waals surface area contributed by atoms with Gasteiger partial charge in [-0.2, -0.15) is 13.2 Å². The highest BCUT2D eigenvalue weighted by Gasteiger charge is 2.42. The number of fused-ring (bicyclic) bond motifs is 3. The SMILES string of the molecule is CC[C@H]1CC[C@@H](Oc2ccc3cc(CCCN4C5CC[C@H]4CC(C(=O)O)C5)ccc3c2C(F)(F)F)CC1. The van der Waals surface area contributed by atoms with Crippen LogP contribution in [-0.4, -0.2) is 40.7 Å². The van der Waals surface area contributed by atoms with E-state index in [1.54, 1.807) is 12.1 Å². The first-order valence-corrected chi connectivity index (χ1v) is 14.0. The van der Waals surface area contributed by atoms with Crippen LogP contribution in [0.2, 0.25) is 0 Å². The Kier molecular flexibility index (Phi) is 7.71. The Morgan fingerprint density at radius 1 is 1.03 bits per heavy atom. The molecule has 1 N–H and O–H groups in total. The number of rotatable bonds is 8. The lowest BCUT2D eigenvalue weighted by Gasteiger charge is -2.37. The number of benzene rings is 2. The molecule has 5 rings (SSSR count). The Morgan fingerprint density at radius 3 is 2.35 bits per heavy atom. The van der Waals surface area contributed by atoms with Gasteiger partial charge in [0.15, 0.2) is 0 Å². The zero-order chi connectivity index (χ0) is 26.2. The highest BCUT2D eigenvalue weighted by atomic mass is 19.4. The van der Waals surface area contributed by atoms with E-state index in [0.29, 0.717) is 23.4 Å². The van der Waals surface area contributed by atoms with Crippen LogP contribution in [0.25, 0.3) is 10.8 Å². The molecule has 0 spiro atoms. The van der Waals surface area contributed by atoms with Gasteiger partial charge in [-0.15, -0.1) is 0 Å². The number of carboxylic acids is 1. The number of hydrogen-bond acceptors (Lipinski definition) is 3. The largest absolute Gasteiger partial charge is 0.490 e. The number of carboxylic acid groups (broad SMARTS) is 1. The number of aryl methyl sites for hydroxylation is 1. The minimum absolute atomic E-state index is 0.0482. The van der Waals surface area contributed by atoms with Gasteiger partial charge in [0.1, 0.15) is 11.3 Å². The third-order valence-corrected chi connectivity index (χ3v) is 9.11. The van der Waals surface area contributed by atoms with Gasteiger partial charge in [-0.25, -0.2) is 0 Å². The Hall–Kier alpha value is -2.28. The predicted molar refractivity (Wildman–Crippen MR) is 138 cm³/mol. The molecule has 0 radical (unpaired) electrons. The number of halogens is 3. The lowest BCUT2D eigenvalue weighted by Crippen LogP contribution is -2.45. The van der Waals surface area contributed by atoms with Crippen LogP contribution < -0.4 is 4.74 Å². The van der Waals surface area contributed by atoms with E-state index in [1.165, 1.54) is 6.07 Å². The Balaban J connectivity index is 1.26. The molecule has 3 atom stereocenters. The van der Waals surface area contributed by atoms with E-state index in [-0.39, 0.29) is 23.2 Å². The maximum Gasteiger partial charge on any atom is 0.420 e. The third kappa shape index (κ3) is 5.76. The van der Waals surface area contributed by atoms with E-state index >= 15 is 0 Å². The molecule has 2 unspecified atom stereocenters. The first kappa shape index (κ1) is 26.3. The fourth-order valence-corrected chi connectivity index (χ4v) is 7.05. The van der Waals surface area contributed by atoms with Crippen LogP contribution >= 0.6 is 0 Å². The minimum atomic E-state index is -4.49. The van der Waals surface area contributed by atoms with E-state index < -0.39 is 17.7 Å². The molecule has 1 saturated carbocycles. The van der Waals surface area contributed by atoms with Crippen molar-refractivity contribution in [3.8, 4) is 5.75 Å². The van der Waals surface area contributed by atoms with Gasteiger partial charge in [-0.3, -0.25) is 9.69 Å². The van der Waals surface area contributed by atoms with Gasteiger partial charge in [-0.05, 0) is 99.1 Å². The summed E-state index contributed by atoms with van der Waals surface area (Å²) in [7, 11) is 0. The molecule has 2 aliphatic heterocycles. The van der Waals surface area contributed by atoms with E-state index in [4.69, 9.17) is 4.74 Å². The molecule has 2 heterocycles. The average Bonchev–Trinajstić information content (AvgIpc) is 3.09. The molecule has 4 nitrogen and oxygen atoms in total. The Morgan fingerprint density at radius 2 is 1.73 bits per heavy atom. The maximum absolute atomic E-state index is 14.2. The molecule has 202 valence electrons. The van der Waals surface area contributed by atoms with Gasteiger partial charge in [-0.1, -0.05) is 37.6 Å². The molecule has 37 heavy (non-hydrogen) atoms. The Labute approximate surface area is 217 Å². The molecule has 2 aromatic carbocycles. The van der Waals surface area contributed by atoms with Crippen molar-refractivity contribution >= 4 is 16.7 Å². The van der Waals surface area contributed by atoms with E-state index in [2.05, 4.69) is 11.8 Å². The lowest BCUT2D eigenvalue weighted by molar-refractivity contribution is -0.144. The summed E-state index contributed by atoms with van der Waals surface area (Å²) in [6.07, 6.45) is 5.39. The second-order valence-corrected chi connectivity index (χ2v) is 11.4. The quantitative estimate of drug-likeness (QED) is 0.395. The summed E-state index contributed by atoms with van der Waals surface area (Å²) in [5, 5.41) is 10.2. The summed E-state index contributed by atoms with van der Waals surface area (Å²) in [5.41, 5.74) is 0.368. The minimum Gasteiger partial charge on any atom is -0.490 e.